The third-order valence-electron chi connectivity index (χ3n) is 6.89. The summed E-state index contributed by atoms with van der Waals surface area (Å²) in [6, 6.07) is 28.2. The fourth-order valence-corrected chi connectivity index (χ4v) is 6.08. The first-order chi connectivity index (χ1) is 20.6. The van der Waals surface area contributed by atoms with Crippen molar-refractivity contribution in [3.05, 3.63) is 119 Å². The maximum Gasteiger partial charge on any atom is 0.264 e. The van der Waals surface area contributed by atoms with Crippen molar-refractivity contribution in [2.75, 3.05) is 17.9 Å². The van der Waals surface area contributed by atoms with Crippen molar-refractivity contribution in [2.45, 2.75) is 37.8 Å². The van der Waals surface area contributed by atoms with E-state index in [1.807, 2.05) is 37.3 Å². The van der Waals surface area contributed by atoms with Crippen LogP contribution in [-0.2, 0) is 26.2 Å². The molecule has 1 N–H and O–H groups in total. The van der Waals surface area contributed by atoms with Gasteiger partial charge in [-0.25, -0.2) is 8.42 Å². The summed E-state index contributed by atoms with van der Waals surface area (Å²) >= 11 is 6.06. The topological polar surface area (TPSA) is 96.0 Å². The van der Waals surface area contributed by atoms with E-state index in [0.29, 0.717) is 22.9 Å². The molecule has 0 aromatic heterocycles. The fourth-order valence-electron chi connectivity index (χ4n) is 4.54. The molecular formula is C33H34ClN3O5S. The van der Waals surface area contributed by atoms with Crippen molar-refractivity contribution in [1.29, 1.82) is 0 Å². The van der Waals surface area contributed by atoms with Crippen molar-refractivity contribution < 1.29 is 22.7 Å². The number of sulfonamides is 1. The van der Waals surface area contributed by atoms with E-state index in [9.17, 15) is 18.0 Å². The number of nitrogens with one attached hydrogen (secondary N) is 1. The Bertz CT molecular complexity index is 1630. The Labute approximate surface area is 257 Å². The van der Waals surface area contributed by atoms with Gasteiger partial charge < -0.3 is 15.0 Å². The number of amides is 2. The fraction of sp³-hybridized carbons (Fsp3) is 0.212. The molecule has 10 heteroatoms. The van der Waals surface area contributed by atoms with E-state index in [-0.39, 0.29) is 23.0 Å². The Balaban J connectivity index is 1.72. The van der Waals surface area contributed by atoms with E-state index in [1.165, 1.54) is 24.1 Å². The Hall–Kier alpha value is -4.34. The number of anilines is 1. The summed E-state index contributed by atoms with van der Waals surface area (Å²) in [5.74, 6) is 0.252. The molecule has 2 amide bonds. The first-order valence-corrected chi connectivity index (χ1v) is 15.6. The average Bonchev–Trinajstić information content (AvgIpc) is 3.01. The quantitative estimate of drug-likeness (QED) is 0.204. The van der Waals surface area contributed by atoms with Gasteiger partial charge in [0.2, 0.25) is 11.8 Å². The number of hydrogen-bond donors (Lipinski definition) is 1. The Morgan fingerprint density at radius 2 is 1.47 bits per heavy atom. The molecule has 1 atom stereocenters. The highest BCUT2D eigenvalue weighted by Gasteiger charge is 2.33. The SMILES string of the molecule is CC[C@H](C(=O)NC)N(Cc1ccc(Cl)cc1)C(=O)CN(c1ccc(Oc2ccccc2)cc1)S(=O)(=O)c1ccc(C)cc1. The Morgan fingerprint density at radius 1 is 0.860 bits per heavy atom. The second-order valence-corrected chi connectivity index (χ2v) is 12.2. The van der Waals surface area contributed by atoms with Gasteiger partial charge in [0.05, 0.1) is 10.6 Å². The lowest BCUT2D eigenvalue weighted by atomic mass is 10.1. The molecule has 0 radical (unpaired) electrons. The number of ether oxygens (including phenoxy) is 1. The van der Waals surface area contributed by atoms with Gasteiger partial charge in [-0.1, -0.05) is 66.6 Å². The number of carbonyl (C=O) groups is 2. The molecule has 4 rings (SSSR count). The largest absolute Gasteiger partial charge is 0.457 e. The van der Waals surface area contributed by atoms with Crippen molar-refractivity contribution in [3.8, 4) is 11.5 Å². The van der Waals surface area contributed by atoms with Crippen LogP contribution in [0.3, 0.4) is 0 Å². The maximum atomic E-state index is 14.0. The summed E-state index contributed by atoms with van der Waals surface area (Å²) in [5, 5.41) is 3.16. The number of hydrogen-bond acceptors (Lipinski definition) is 5. The molecular weight excluding hydrogens is 586 g/mol. The van der Waals surface area contributed by atoms with E-state index in [1.54, 1.807) is 67.6 Å². The van der Waals surface area contributed by atoms with Gasteiger partial charge in [-0.15, -0.1) is 0 Å². The summed E-state index contributed by atoms with van der Waals surface area (Å²) in [6.07, 6.45) is 0.329. The molecule has 0 aliphatic rings. The summed E-state index contributed by atoms with van der Waals surface area (Å²) in [4.78, 5) is 28.4. The van der Waals surface area contributed by atoms with Crippen LogP contribution >= 0.6 is 11.6 Å². The minimum atomic E-state index is -4.18. The van der Waals surface area contributed by atoms with Crippen LogP contribution in [-0.4, -0.2) is 44.8 Å². The monoisotopic (exact) mass is 619 g/mol. The lowest BCUT2D eigenvalue weighted by Gasteiger charge is -2.33. The summed E-state index contributed by atoms with van der Waals surface area (Å²) in [5.41, 5.74) is 1.92. The van der Waals surface area contributed by atoms with Crippen molar-refractivity contribution in [3.63, 3.8) is 0 Å². The molecule has 0 saturated heterocycles. The van der Waals surface area contributed by atoms with E-state index < -0.39 is 28.5 Å². The highest BCUT2D eigenvalue weighted by atomic mass is 35.5. The molecule has 4 aromatic rings. The lowest BCUT2D eigenvalue weighted by Crippen LogP contribution is -2.51. The minimum Gasteiger partial charge on any atom is -0.457 e. The van der Waals surface area contributed by atoms with Crippen molar-refractivity contribution in [2.24, 2.45) is 0 Å². The molecule has 0 unspecified atom stereocenters. The predicted octanol–water partition coefficient (Wildman–Crippen LogP) is 6.19. The minimum absolute atomic E-state index is 0.0399. The molecule has 0 fully saturated rings. The molecule has 0 saturated carbocycles. The third-order valence-corrected chi connectivity index (χ3v) is 8.93. The Kier molecular flexibility index (Phi) is 10.4. The highest BCUT2D eigenvalue weighted by Crippen LogP contribution is 2.29. The van der Waals surface area contributed by atoms with Gasteiger partial charge in [0, 0.05) is 18.6 Å². The number of para-hydroxylation sites is 1. The number of rotatable bonds is 12. The zero-order chi connectivity index (χ0) is 31.0. The number of benzene rings is 4. The van der Waals surface area contributed by atoms with Crippen LogP contribution in [0.4, 0.5) is 5.69 Å². The second-order valence-electron chi connectivity index (χ2n) is 9.92. The first kappa shape index (κ1) is 31.6. The van der Waals surface area contributed by atoms with Crippen LogP contribution in [0.15, 0.2) is 108 Å². The summed E-state index contributed by atoms with van der Waals surface area (Å²) in [7, 11) is -2.68. The summed E-state index contributed by atoms with van der Waals surface area (Å²) < 4.78 is 35.0. The van der Waals surface area contributed by atoms with Crippen LogP contribution in [0.5, 0.6) is 11.5 Å². The Morgan fingerprint density at radius 3 is 2.05 bits per heavy atom. The van der Waals surface area contributed by atoms with E-state index in [4.69, 9.17) is 16.3 Å². The number of likely N-dealkylation sites (N-methyl/N-ethyl adjacent to an activating group) is 1. The lowest BCUT2D eigenvalue weighted by molar-refractivity contribution is -0.140. The maximum absolute atomic E-state index is 14.0. The van der Waals surface area contributed by atoms with Gasteiger partial charge in [0.15, 0.2) is 0 Å². The standard InChI is InChI=1S/C33H34ClN3O5S/c1-4-31(33(39)35-3)36(22-25-12-14-26(34)15-13-25)32(38)23-37(43(40,41)30-20-10-24(2)11-21-30)27-16-18-29(19-17-27)42-28-8-6-5-7-9-28/h5-21,31H,4,22-23H2,1-3H3,(H,35,39)/t31-/m1/s1. The van der Waals surface area contributed by atoms with Gasteiger partial charge in [-0.3, -0.25) is 13.9 Å². The predicted molar refractivity (Wildman–Crippen MR) is 169 cm³/mol. The number of carbonyl (C=O) groups excluding carboxylic acids is 2. The molecule has 0 aliphatic carbocycles. The number of aryl methyl sites for hydroxylation is 1. The van der Waals surface area contributed by atoms with Gasteiger partial charge >= 0.3 is 0 Å². The van der Waals surface area contributed by atoms with Gasteiger partial charge in [0.1, 0.15) is 24.1 Å². The molecule has 224 valence electrons. The van der Waals surface area contributed by atoms with Crippen molar-refractivity contribution >= 4 is 39.1 Å². The first-order valence-electron chi connectivity index (χ1n) is 13.8. The molecule has 43 heavy (non-hydrogen) atoms. The van der Waals surface area contributed by atoms with Crippen LogP contribution < -0.4 is 14.4 Å². The van der Waals surface area contributed by atoms with Gasteiger partial charge in [-0.2, -0.15) is 0 Å². The number of halogens is 1. The van der Waals surface area contributed by atoms with Crippen LogP contribution in [0, 0.1) is 6.92 Å². The van der Waals surface area contributed by atoms with E-state index in [2.05, 4.69) is 5.32 Å². The van der Waals surface area contributed by atoms with Gasteiger partial charge in [-0.05, 0) is 79.6 Å². The van der Waals surface area contributed by atoms with Crippen LogP contribution in [0.25, 0.3) is 0 Å². The third kappa shape index (κ3) is 7.94. The average molecular weight is 620 g/mol. The normalized spacial score (nSPS) is 11.8. The zero-order valence-corrected chi connectivity index (χ0v) is 25.8. The molecule has 0 spiro atoms. The molecule has 8 nitrogen and oxygen atoms in total. The van der Waals surface area contributed by atoms with E-state index >= 15 is 0 Å². The smallest absolute Gasteiger partial charge is 0.264 e. The van der Waals surface area contributed by atoms with E-state index in [0.717, 1.165) is 15.4 Å². The van der Waals surface area contributed by atoms with Gasteiger partial charge in [0.25, 0.3) is 10.0 Å². The van der Waals surface area contributed by atoms with Crippen LogP contribution in [0.1, 0.15) is 24.5 Å². The second kappa shape index (κ2) is 14.2. The molecule has 0 aliphatic heterocycles. The highest BCUT2D eigenvalue weighted by molar-refractivity contribution is 7.92. The van der Waals surface area contributed by atoms with Crippen molar-refractivity contribution in [1.82, 2.24) is 10.2 Å². The van der Waals surface area contributed by atoms with Crippen LogP contribution in [0.2, 0.25) is 5.02 Å². The molecule has 0 heterocycles. The summed E-state index contributed by atoms with van der Waals surface area (Å²) in [6.45, 7) is 3.22. The zero-order valence-electron chi connectivity index (χ0n) is 24.2. The molecule has 0 bridgehead atoms. The number of nitrogens with zero attached hydrogens (tertiary/aromatic N) is 2. The molecule has 4 aromatic carbocycles.